The molecule has 0 amide bonds. The Morgan fingerprint density at radius 2 is 2.22 bits per heavy atom. The number of aromatic nitrogens is 2. The van der Waals surface area contributed by atoms with E-state index in [1.54, 1.807) is 13.4 Å². The van der Waals surface area contributed by atoms with Crippen LogP contribution in [-0.4, -0.2) is 49.9 Å². The van der Waals surface area contributed by atoms with Crippen molar-refractivity contribution < 1.29 is 4.74 Å². The summed E-state index contributed by atoms with van der Waals surface area (Å²) in [4.78, 5) is 8.38. The molecule has 18 heavy (non-hydrogen) atoms. The number of nitrogens with zero attached hydrogens (tertiary/aromatic N) is 2. The number of methoxy groups -OCH3 is 1. The van der Waals surface area contributed by atoms with Gasteiger partial charge in [0.1, 0.15) is 18.0 Å². The first-order chi connectivity index (χ1) is 8.88. The molecule has 1 aromatic rings. The highest BCUT2D eigenvalue weighted by molar-refractivity contribution is 5.46. The molecular weight excluding hydrogens is 230 g/mol. The summed E-state index contributed by atoms with van der Waals surface area (Å²) >= 11 is 0. The van der Waals surface area contributed by atoms with Gasteiger partial charge in [0.05, 0.1) is 6.61 Å². The second-order valence-electron chi connectivity index (χ2n) is 4.45. The van der Waals surface area contributed by atoms with E-state index in [0.29, 0.717) is 12.5 Å². The third-order valence-electron chi connectivity index (χ3n) is 3.01. The lowest BCUT2D eigenvalue weighted by Crippen LogP contribution is -2.18. The summed E-state index contributed by atoms with van der Waals surface area (Å²) < 4.78 is 4.98. The van der Waals surface area contributed by atoms with Crippen LogP contribution in [0.1, 0.15) is 6.42 Å². The van der Waals surface area contributed by atoms with Gasteiger partial charge in [0.2, 0.25) is 0 Å². The fourth-order valence-electron chi connectivity index (χ4n) is 1.97. The summed E-state index contributed by atoms with van der Waals surface area (Å²) in [5, 5.41) is 9.90. The minimum Gasteiger partial charge on any atom is -0.383 e. The van der Waals surface area contributed by atoms with Crippen LogP contribution in [0.3, 0.4) is 0 Å². The highest BCUT2D eigenvalue weighted by Gasteiger charge is 2.13. The van der Waals surface area contributed by atoms with Crippen molar-refractivity contribution in [3.05, 3.63) is 12.4 Å². The average Bonchev–Trinajstić information content (AvgIpc) is 2.90. The van der Waals surface area contributed by atoms with E-state index in [-0.39, 0.29) is 0 Å². The van der Waals surface area contributed by atoms with E-state index >= 15 is 0 Å². The Balaban J connectivity index is 1.78. The number of ether oxygens (including phenoxy) is 1. The molecule has 0 radical (unpaired) electrons. The highest BCUT2D eigenvalue weighted by Crippen LogP contribution is 2.11. The number of hydrogen-bond donors (Lipinski definition) is 3. The second-order valence-corrected chi connectivity index (χ2v) is 4.45. The molecule has 2 rings (SSSR count). The summed E-state index contributed by atoms with van der Waals surface area (Å²) in [6.07, 6.45) is 2.81. The standard InChI is InChI=1S/C12H21N5O/c1-18-5-4-14-11-6-12(17-9-16-11)15-8-10-2-3-13-7-10/h6,9-10,13H,2-5,7-8H2,1H3,(H2,14,15,16,17). The van der Waals surface area contributed by atoms with E-state index < -0.39 is 0 Å². The molecule has 1 unspecified atom stereocenters. The average molecular weight is 251 g/mol. The molecule has 2 heterocycles. The molecule has 0 spiro atoms. The molecule has 1 saturated heterocycles. The van der Waals surface area contributed by atoms with Crippen LogP contribution in [0.5, 0.6) is 0 Å². The lowest BCUT2D eigenvalue weighted by molar-refractivity contribution is 0.210. The minimum atomic E-state index is 0.667. The number of hydrogen-bond acceptors (Lipinski definition) is 6. The molecule has 6 nitrogen and oxygen atoms in total. The zero-order chi connectivity index (χ0) is 12.6. The van der Waals surface area contributed by atoms with Crippen molar-refractivity contribution in [2.75, 3.05) is 50.5 Å². The van der Waals surface area contributed by atoms with Crippen molar-refractivity contribution in [3.8, 4) is 0 Å². The molecule has 6 heteroatoms. The van der Waals surface area contributed by atoms with E-state index in [0.717, 1.165) is 37.8 Å². The van der Waals surface area contributed by atoms with Crippen LogP contribution in [0.25, 0.3) is 0 Å². The molecule has 1 aliphatic rings. The molecule has 100 valence electrons. The van der Waals surface area contributed by atoms with Gasteiger partial charge in [0.15, 0.2) is 0 Å². The normalized spacial score (nSPS) is 18.8. The molecule has 1 aromatic heterocycles. The molecule has 0 bridgehead atoms. The molecule has 1 fully saturated rings. The summed E-state index contributed by atoms with van der Waals surface area (Å²) in [6, 6.07) is 1.93. The third-order valence-corrected chi connectivity index (χ3v) is 3.01. The van der Waals surface area contributed by atoms with Gasteiger partial charge in [0, 0.05) is 26.3 Å². The second kappa shape index (κ2) is 7.13. The quantitative estimate of drug-likeness (QED) is 0.615. The van der Waals surface area contributed by atoms with Crippen LogP contribution in [-0.2, 0) is 4.74 Å². The predicted molar refractivity (Wildman–Crippen MR) is 71.9 cm³/mol. The molecule has 1 atom stereocenters. The first-order valence-electron chi connectivity index (χ1n) is 6.38. The maximum atomic E-state index is 4.98. The Morgan fingerprint density at radius 1 is 1.39 bits per heavy atom. The smallest absolute Gasteiger partial charge is 0.131 e. The first kappa shape index (κ1) is 13.0. The highest BCUT2D eigenvalue weighted by atomic mass is 16.5. The van der Waals surface area contributed by atoms with Gasteiger partial charge in [0.25, 0.3) is 0 Å². The van der Waals surface area contributed by atoms with Crippen LogP contribution in [0.4, 0.5) is 11.6 Å². The van der Waals surface area contributed by atoms with Crippen molar-refractivity contribution in [3.63, 3.8) is 0 Å². The van der Waals surface area contributed by atoms with E-state index in [2.05, 4.69) is 25.9 Å². The molecule has 1 aliphatic heterocycles. The first-order valence-corrected chi connectivity index (χ1v) is 6.38. The predicted octanol–water partition coefficient (Wildman–Crippen LogP) is 0.556. The minimum absolute atomic E-state index is 0.667. The van der Waals surface area contributed by atoms with Gasteiger partial charge in [-0.3, -0.25) is 0 Å². The maximum Gasteiger partial charge on any atom is 0.131 e. The van der Waals surface area contributed by atoms with Gasteiger partial charge in [-0.15, -0.1) is 0 Å². The Kier molecular flexibility index (Phi) is 5.16. The Labute approximate surface area is 108 Å². The monoisotopic (exact) mass is 251 g/mol. The molecule has 0 aliphatic carbocycles. The zero-order valence-electron chi connectivity index (χ0n) is 10.8. The van der Waals surface area contributed by atoms with Crippen molar-refractivity contribution in [2.45, 2.75) is 6.42 Å². The summed E-state index contributed by atoms with van der Waals surface area (Å²) in [6.45, 7) is 4.60. The van der Waals surface area contributed by atoms with Gasteiger partial charge >= 0.3 is 0 Å². The third kappa shape index (κ3) is 4.12. The largest absolute Gasteiger partial charge is 0.383 e. The zero-order valence-corrected chi connectivity index (χ0v) is 10.8. The van der Waals surface area contributed by atoms with Gasteiger partial charge < -0.3 is 20.7 Å². The van der Waals surface area contributed by atoms with Crippen molar-refractivity contribution >= 4 is 11.6 Å². The van der Waals surface area contributed by atoms with Crippen molar-refractivity contribution in [1.29, 1.82) is 0 Å². The fourth-order valence-corrected chi connectivity index (χ4v) is 1.97. The lowest BCUT2D eigenvalue weighted by atomic mass is 10.1. The van der Waals surface area contributed by atoms with Gasteiger partial charge in [-0.2, -0.15) is 0 Å². The van der Waals surface area contributed by atoms with Crippen LogP contribution in [0.15, 0.2) is 12.4 Å². The number of rotatable bonds is 7. The van der Waals surface area contributed by atoms with Gasteiger partial charge in [-0.05, 0) is 25.4 Å². The van der Waals surface area contributed by atoms with Crippen LogP contribution < -0.4 is 16.0 Å². The number of anilines is 2. The Hall–Kier alpha value is -1.40. The Bertz CT molecular complexity index is 354. The van der Waals surface area contributed by atoms with Gasteiger partial charge in [-0.25, -0.2) is 9.97 Å². The Morgan fingerprint density at radius 3 is 2.94 bits per heavy atom. The van der Waals surface area contributed by atoms with Crippen LogP contribution >= 0.6 is 0 Å². The van der Waals surface area contributed by atoms with E-state index in [1.165, 1.54) is 6.42 Å². The van der Waals surface area contributed by atoms with E-state index in [4.69, 9.17) is 4.74 Å². The van der Waals surface area contributed by atoms with Gasteiger partial charge in [-0.1, -0.05) is 0 Å². The van der Waals surface area contributed by atoms with Crippen molar-refractivity contribution in [1.82, 2.24) is 15.3 Å². The fraction of sp³-hybridized carbons (Fsp3) is 0.667. The van der Waals surface area contributed by atoms with E-state index in [9.17, 15) is 0 Å². The summed E-state index contributed by atoms with van der Waals surface area (Å²) in [5.41, 5.74) is 0. The molecule has 0 aromatic carbocycles. The molecular formula is C12H21N5O. The number of nitrogens with one attached hydrogen (secondary N) is 3. The topological polar surface area (TPSA) is 71.1 Å². The molecule has 3 N–H and O–H groups in total. The van der Waals surface area contributed by atoms with Crippen LogP contribution in [0, 0.1) is 5.92 Å². The summed E-state index contributed by atoms with van der Waals surface area (Å²) in [5.74, 6) is 2.40. The van der Waals surface area contributed by atoms with Crippen LogP contribution in [0.2, 0.25) is 0 Å². The SMILES string of the molecule is COCCNc1cc(NCC2CCNC2)ncn1. The lowest BCUT2D eigenvalue weighted by Gasteiger charge is -2.11. The van der Waals surface area contributed by atoms with E-state index in [1.807, 2.05) is 6.07 Å². The molecule has 0 saturated carbocycles. The maximum absolute atomic E-state index is 4.98. The van der Waals surface area contributed by atoms with Crippen molar-refractivity contribution in [2.24, 2.45) is 5.92 Å². The summed E-state index contributed by atoms with van der Waals surface area (Å²) in [7, 11) is 1.68.